The molecule has 0 aliphatic heterocycles. The average Bonchev–Trinajstić information content (AvgIpc) is 3.10. The van der Waals surface area contributed by atoms with Crippen molar-refractivity contribution in [2.45, 2.75) is 70.3 Å². The Morgan fingerprint density at radius 1 is 1.09 bits per heavy atom. The topological polar surface area (TPSA) is 64.9 Å². The zero-order valence-electron chi connectivity index (χ0n) is 14.7. The number of carbonyl (C=O) groups excluding carboxylic acids is 1. The highest BCUT2D eigenvalue weighted by molar-refractivity contribution is 5.44. The quantitative estimate of drug-likeness (QED) is 0.765. The summed E-state index contributed by atoms with van der Waals surface area (Å²) in [5.41, 5.74) is 4.06. The second-order valence-electron chi connectivity index (χ2n) is 6.29. The number of hydrogen-bond acceptors (Lipinski definition) is 3. The normalized spacial score (nSPS) is 20.0. The molecule has 0 aromatic rings. The summed E-state index contributed by atoms with van der Waals surface area (Å²) in [6, 6.07) is 3.08. The van der Waals surface area contributed by atoms with Gasteiger partial charge in [0.2, 0.25) is 6.41 Å². The first-order valence-electron chi connectivity index (χ1n) is 8.84. The largest absolute Gasteiger partial charge is 0.362 e. The second-order valence-corrected chi connectivity index (χ2v) is 6.29. The van der Waals surface area contributed by atoms with Gasteiger partial charge < -0.3 is 10.6 Å². The number of amides is 1. The molecule has 0 saturated heterocycles. The van der Waals surface area contributed by atoms with Crippen molar-refractivity contribution in [3.8, 4) is 6.07 Å². The monoisotopic (exact) mass is 317 g/mol. The Morgan fingerprint density at radius 2 is 1.78 bits per heavy atom. The summed E-state index contributed by atoms with van der Waals surface area (Å²) in [4.78, 5) is 9.06. The van der Waals surface area contributed by atoms with Crippen molar-refractivity contribution in [2.24, 2.45) is 0 Å². The van der Waals surface area contributed by atoms with Crippen LogP contribution in [0.1, 0.15) is 64.2 Å². The lowest BCUT2D eigenvalue weighted by Gasteiger charge is -2.20. The number of carbonyl (C=O) groups is 1. The maximum Gasteiger partial charge on any atom is 0.206 e. The molecule has 2 N–H and O–H groups in total. The van der Waals surface area contributed by atoms with Crippen molar-refractivity contribution in [3.05, 3.63) is 22.8 Å². The molecule has 0 radical (unpaired) electrons. The molecule has 3 aliphatic carbocycles. The summed E-state index contributed by atoms with van der Waals surface area (Å²) in [5, 5.41) is 14.2. The molecule has 0 aromatic carbocycles. The number of hydrogen-bond donors (Lipinski definition) is 2. The van der Waals surface area contributed by atoms with Gasteiger partial charge in [-0.05, 0) is 63.6 Å². The highest BCUT2D eigenvalue weighted by Gasteiger charge is 2.17. The SMILES string of the molecule is CNC1CCCCC1.CNC=O.N#CC1=CC2=C(CCC2)CC1. The maximum atomic E-state index is 9.06. The van der Waals surface area contributed by atoms with E-state index in [1.165, 1.54) is 56.9 Å². The Morgan fingerprint density at radius 3 is 2.30 bits per heavy atom. The lowest BCUT2D eigenvalue weighted by molar-refractivity contribution is -0.109. The summed E-state index contributed by atoms with van der Waals surface area (Å²) in [7, 11) is 3.63. The van der Waals surface area contributed by atoms with Crippen LogP contribution in [-0.4, -0.2) is 26.5 Å². The van der Waals surface area contributed by atoms with E-state index in [1.54, 1.807) is 12.6 Å². The Kier molecular flexibility index (Phi) is 10.1. The van der Waals surface area contributed by atoms with Gasteiger partial charge in [0.1, 0.15) is 0 Å². The summed E-state index contributed by atoms with van der Waals surface area (Å²) < 4.78 is 0. The minimum atomic E-state index is 0.625. The maximum absolute atomic E-state index is 9.06. The highest BCUT2D eigenvalue weighted by Crippen LogP contribution is 2.35. The van der Waals surface area contributed by atoms with E-state index in [0.29, 0.717) is 6.41 Å². The van der Waals surface area contributed by atoms with Crippen LogP contribution in [0.3, 0.4) is 0 Å². The molecule has 0 heterocycles. The van der Waals surface area contributed by atoms with Gasteiger partial charge in [0.25, 0.3) is 0 Å². The van der Waals surface area contributed by atoms with Gasteiger partial charge in [0.05, 0.1) is 6.07 Å². The number of allylic oxidation sites excluding steroid dienone is 4. The van der Waals surface area contributed by atoms with Crippen LogP contribution in [0.5, 0.6) is 0 Å². The second kappa shape index (κ2) is 11.9. The molecule has 3 rings (SSSR count). The summed E-state index contributed by atoms with van der Waals surface area (Å²) >= 11 is 0. The fraction of sp³-hybridized carbons (Fsp3) is 0.684. The third-order valence-electron chi connectivity index (χ3n) is 4.70. The Balaban J connectivity index is 0.000000194. The van der Waals surface area contributed by atoms with E-state index in [0.717, 1.165) is 24.5 Å². The van der Waals surface area contributed by atoms with E-state index in [-0.39, 0.29) is 0 Å². The molecular formula is C19H31N3O. The van der Waals surface area contributed by atoms with Crippen molar-refractivity contribution in [2.75, 3.05) is 14.1 Å². The van der Waals surface area contributed by atoms with E-state index < -0.39 is 0 Å². The minimum Gasteiger partial charge on any atom is -0.362 e. The van der Waals surface area contributed by atoms with Crippen LogP contribution in [0.25, 0.3) is 0 Å². The number of rotatable bonds is 2. The predicted molar refractivity (Wildman–Crippen MR) is 94.9 cm³/mol. The molecule has 23 heavy (non-hydrogen) atoms. The van der Waals surface area contributed by atoms with Crippen LogP contribution in [-0.2, 0) is 4.79 Å². The molecule has 0 unspecified atom stereocenters. The fourth-order valence-electron chi connectivity index (χ4n) is 3.34. The Hall–Kier alpha value is -1.60. The highest BCUT2D eigenvalue weighted by atomic mass is 16.1. The van der Waals surface area contributed by atoms with Gasteiger partial charge in [-0.3, -0.25) is 4.79 Å². The van der Waals surface area contributed by atoms with Gasteiger partial charge in [-0.25, -0.2) is 0 Å². The molecule has 1 amide bonds. The first-order chi connectivity index (χ1) is 11.2. The van der Waals surface area contributed by atoms with Gasteiger partial charge in [-0.2, -0.15) is 5.26 Å². The summed E-state index contributed by atoms with van der Waals surface area (Å²) in [6.45, 7) is 0. The minimum absolute atomic E-state index is 0.625. The molecule has 128 valence electrons. The first kappa shape index (κ1) is 19.4. The molecule has 3 aliphatic rings. The van der Waals surface area contributed by atoms with Crippen LogP contribution in [0.4, 0.5) is 0 Å². The van der Waals surface area contributed by atoms with Crippen LogP contribution in [0.15, 0.2) is 22.8 Å². The predicted octanol–water partition coefficient (Wildman–Crippen LogP) is 3.61. The van der Waals surface area contributed by atoms with Gasteiger partial charge >= 0.3 is 0 Å². The number of nitrogens with one attached hydrogen (secondary N) is 2. The van der Waals surface area contributed by atoms with Crippen LogP contribution < -0.4 is 10.6 Å². The van der Waals surface area contributed by atoms with Gasteiger partial charge in [-0.1, -0.05) is 24.8 Å². The van der Waals surface area contributed by atoms with E-state index in [4.69, 9.17) is 10.1 Å². The molecule has 4 heteroatoms. The fourth-order valence-corrected chi connectivity index (χ4v) is 3.34. The van der Waals surface area contributed by atoms with Crippen LogP contribution in [0, 0.1) is 11.3 Å². The van der Waals surface area contributed by atoms with Crippen molar-refractivity contribution < 1.29 is 4.79 Å². The summed E-state index contributed by atoms with van der Waals surface area (Å²) in [6.07, 6.45) is 15.8. The third-order valence-corrected chi connectivity index (χ3v) is 4.70. The zero-order chi connectivity index (χ0) is 16.9. The lowest BCUT2D eigenvalue weighted by atomic mass is 9.95. The standard InChI is InChI=1S/C10H11N.C7H15N.C2H5NO/c11-7-8-4-5-9-2-1-3-10(9)6-8;1-8-7-5-3-2-4-6-7;1-3-2-4/h6H,1-5H2;7-8H,2-6H2,1H3;2H,1H3,(H,3,4). The average molecular weight is 317 g/mol. The van der Waals surface area contributed by atoms with Crippen molar-refractivity contribution >= 4 is 6.41 Å². The van der Waals surface area contributed by atoms with Crippen LogP contribution in [0.2, 0.25) is 0 Å². The van der Waals surface area contributed by atoms with Gasteiger partial charge in [0.15, 0.2) is 0 Å². The number of nitriles is 1. The molecule has 0 aromatic heterocycles. The molecular weight excluding hydrogens is 286 g/mol. The van der Waals surface area contributed by atoms with Gasteiger partial charge in [-0.15, -0.1) is 0 Å². The third kappa shape index (κ3) is 7.47. The van der Waals surface area contributed by atoms with E-state index in [2.05, 4.69) is 29.8 Å². The van der Waals surface area contributed by atoms with Crippen LogP contribution >= 0.6 is 0 Å². The van der Waals surface area contributed by atoms with E-state index in [1.807, 2.05) is 0 Å². The molecule has 0 bridgehead atoms. The van der Waals surface area contributed by atoms with Crippen molar-refractivity contribution in [1.82, 2.24) is 10.6 Å². The zero-order valence-corrected chi connectivity index (χ0v) is 14.7. The smallest absolute Gasteiger partial charge is 0.206 e. The molecule has 0 spiro atoms. The molecule has 4 nitrogen and oxygen atoms in total. The van der Waals surface area contributed by atoms with Gasteiger partial charge in [0, 0.05) is 18.7 Å². The molecule has 1 saturated carbocycles. The summed E-state index contributed by atoms with van der Waals surface area (Å²) in [5.74, 6) is 0. The Labute approximate surface area is 141 Å². The number of nitrogens with zero attached hydrogens (tertiary/aromatic N) is 1. The Bertz CT molecular complexity index is 454. The molecule has 1 fully saturated rings. The van der Waals surface area contributed by atoms with Crippen molar-refractivity contribution in [3.63, 3.8) is 0 Å². The van der Waals surface area contributed by atoms with Crippen molar-refractivity contribution in [1.29, 1.82) is 5.26 Å². The van der Waals surface area contributed by atoms with E-state index >= 15 is 0 Å². The first-order valence-corrected chi connectivity index (χ1v) is 8.84. The lowest BCUT2D eigenvalue weighted by Crippen LogP contribution is -2.26. The van der Waals surface area contributed by atoms with E-state index in [9.17, 15) is 0 Å². The molecule has 0 atom stereocenters.